The Bertz CT molecular complexity index is 478. The lowest BCUT2D eigenvalue weighted by molar-refractivity contribution is -0.397. The third-order valence-corrected chi connectivity index (χ3v) is 3.51. The van der Waals surface area contributed by atoms with Crippen LogP contribution >= 0.6 is 11.6 Å². The Kier molecular flexibility index (Phi) is 7.40. The molecule has 2 aromatic carbocycles. The largest absolute Gasteiger partial charge is 0.269 e. The highest BCUT2D eigenvalue weighted by Crippen LogP contribution is 2.12. The van der Waals surface area contributed by atoms with Crippen molar-refractivity contribution in [2.45, 2.75) is 32.6 Å². The van der Waals surface area contributed by atoms with Crippen LogP contribution in [0.3, 0.4) is 0 Å². The monoisotopic (exact) mass is 319 g/mol. The number of hydrogen-bond donors (Lipinski definition) is 0. The number of hydrogen-bond acceptors (Lipinski definition) is 3. The maximum absolute atomic E-state index is 5.84. The Morgan fingerprint density at radius 3 is 1.73 bits per heavy atom. The zero-order valence-electron chi connectivity index (χ0n) is 12.8. The molecule has 0 saturated carbocycles. The van der Waals surface area contributed by atoms with Gasteiger partial charge in [0.2, 0.25) is 0 Å². The number of alkyl halides is 1. The van der Waals surface area contributed by atoms with E-state index in [1.165, 1.54) is 0 Å². The van der Waals surface area contributed by atoms with Gasteiger partial charge in [-0.1, -0.05) is 65.9 Å². The first kappa shape index (κ1) is 17.0. The molecular weight excluding hydrogens is 298 g/mol. The van der Waals surface area contributed by atoms with Crippen molar-refractivity contribution >= 4 is 11.6 Å². The average molecular weight is 320 g/mol. The average Bonchev–Trinajstić information content (AvgIpc) is 2.57. The van der Waals surface area contributed by atoms with Crippen molar-refractivity contribution in [2.75, 3.05) is 5.88 Å². The summed E-state index contributed by atoms with van der Waals surface area (Å²) in [5, 5.41) is 1.57. The van der Waals surface area contributed by atoms with E-state index in [1.54, 1.807) is 5.23 Å². The molecule has 3 nitrogen and oxygen atoms in total. The molecule has 118 valence electrons. The van der Waals surface area contributed by atoms with E-state index in [1.807, 2.05) is 67.6 Å². The molecule has 0 saturated heterocycles. The Morgan fingerprint density at radius 1 is 0.864 bits per heavy atom. The van der Waals surface area contributed by atoms with Gasteiger partial charge in [0.05, 0.1) is 19.3 Å². The first-order valence-electron chi connectivity index (χ1n) is 7.48. The highest BCUT2D eigenvalue weighted by atomic mass is 35.5. The Morgan fingerprint density at radius 2 is 1.32 bits per heavy atom. The van der Waals surface area contributed by atoms with Gasteiger partial charge in [0.1, 0.15) is 0 Å². The third kappa shape index (κ3) is 5.78. The molecule has 1 atom stereocenters. The van der Waals surface area contributed by atoms with E-state index >= 15 is 0 Å². The highest BCUT2D eigenvalue weighted by molar-refractivity contribution is 6.17. The van der Waals surface area contributed by atoms with E-state index in [2.05, 4.69) is 0 Å². The molecular formula is C18H22ClNO2. The maximum Gasteiger partial charge on any atom is 0.0962 e. The van der Waals surface area contributed by atoms with Gasteiger partial charge in [-0.05, 0) is 24.5 Å². The predicted octanol–water partition coefficient (Wildman–Crippen LogP) is 4.57. The van der Waals surface area contributed by atoms with Gasteiger partial charge < -0.3 is 0 Å². The minimum absolute atomic E-state index is 0.0879. The van der Waals surface area contributed by atoms with Crippen molar-refractivity contribution in [3.63, 3.8) is 0 Å². The Hall–Kier alpha value is -1.39. The molecule has 22 heavy (non-hydrogen) atoms. The topological polar surface area (TPSA) is 21.7 Å². The quantitative estimate of drug-likeness (QED) is 0.499. The third-order valence-electron chi connectivity index (χ3n) is 3.29. The van der Waals surface area contributed by atoms with Crippen LogP contribution in [-0.2, 0) is 22.9 Å². The van der Waals surface area contributed by atoms with E-state index in [9.17, 15) is 0 Å². The lowest BCUT2D eigenvalue weighted by Gasteiger charge is -2.26. The van der Waals surface area contributed by atoms with Crippen LogP contribution in [0.25, 0.3) is 0 Å². The lowest BCUT2D eigenvalue weighted by atomic mass is 10.2. The van der Waals surface area contributed by atoms with Crippen LogP contribution in [0.2, 0.25) is 0 Å². The van der Waals surface area contributed by atoms with Crippen molar-refractivity contribution < 1.29 is 9.68 Å². The minimum Gasteiger partial charge on any atom is -0.269 e. The van der Waals surface area contributed by atoms with Crippen LogP contribution in [0.5, 0.6) is 0 Å². The summed E-state index contributed by atoms with van der Waals surface area (Å²) in [6.45, 7) is 2.99. The zero-order valence-corrected chi connectivity index (χ0v) is 13.6. The van der Waals surface area contributed by atoms with Crippen molar-refractivity contribution in [1.29, 1.82) is 0 Å². The fraction of sp³-hybridized carbons (Fsp3) is 0.333. The summed E-state index contributed by atoms with van der Waals surface area (Å²) in [5.41, 5.74) is 2.21. The summed E-state index contributed by atoms with van der Waals surface area (Å²) in [7, 11) is 0. The molecule has 0 fully saturated rings. The van der Waals surface area contributed by atoms with Gasteiger partial charge in [0.25, 0.3) is 0 Å². The Labute approximate surface area is 137 Å². The number of halogens is 1. The summed E-state index contributed by atoms with van der Waals surface area (Å²) in [6, 6.07) is 20.2. The summed E-state index contributed by atoms with van der Waals surface area (Å²) in [5.74, 6) is 0.570. The SMILES string of the molecule is CC(CCCl)N(OCc1ccccc1)OCc1ccccc1. The van der Waals surface area contributed by atoms with Crippen LogP contribution in [-0.4, -0.2) is 17.1 Å². The molecule has 0 aliphatic carbocycles. The van der Waals surface area contributed by atoms with Crippen LogP contribution < -0.4 is 0 Å². The van der Waals surface area contributed by atoms with Crippen molar-refractivity contribution in [3.05, 3.63) is 71.8 Å². The zero-order chi connectivity index (χ0) is 15.6. The second-order valence-corrected chi connectivity index (χ2v) is 5.51. The fourth-order valence-corrected chi connectivity index (χ4v) is 2.30. The molecule has 0 aromatic heterocycles. The van der Waals surface area contributed by atoms with E-state index in [0.717, 1.165) is 17.5 Å². The van der Waals surface area contributed by atoms with E-state index in [0.29, 0.717) is 19.1 Å². The number of hydroxylamine groups is 2. The van der Waals surface area contributed by atoms with E-state index < -0.39 is 0 Å². The summed E-state index contributed by atoms with van der Waals surface area (Å²) >= 11 is 5.84. The fourth-order valence-electron chi connectivity index (χ4n) is 1.98. The summed E-state index contributed by atoms with van der Waals surface area (Å²) < 4.78 is 0. The second kappa shape index (κ2) is 9.59. The van der Waals surface area contributed by atoms with Gasteiger partial charge in [-0.3, -0.25) is 9.68 Å². The molecule has 0 radical (unpaired) electrons. The number of nitrogens with zero attached hydrogens (tertiary/aromatic N) is 1. The first-order chi connectivity index (χ1) is 10.8. The van der Waals surface area contributed by atoms with Gasteiger partial charge >= 0.3 is 0 Å². The standard InChI is InChI=1S/C18H22ClNO2/c1-16(12-13-19)20(21-14-17-8-4-2-5-9-17)22-15-18-10-6-3-7-11-18/h2-11,16H,12-15H2,1H3. The molecule has 0 bridgehead atoms. The van der Waals surface area contributed by atoms with Crippen LogP contribution in [0.15, 0.2) is 60.7 Å². The van der Waals surface area contributed by atoms with Crippen molar-refractivity contribution in [3.8, 4) is 0 Å². The normalized spacial score (nSPS) is 12.5. The van der Waals surface area contributed by atoms with Crippen LogP contribution in [0.4, 0.5) is 0 Å². The van der Waals surface area contributed by atoms with Gasteiger partial charge in [-0.25, -0.2) is 0 Å². The second-order valence-electron chi connectivity index (χ2n) is 5.13. The van der Waals surface area contributed by atoms with Crippen molar-refractivity contribution in [1.82, 2.24) is 5.23 Å². The van der Waals surface area contributed by atoms with E-state index in [-0.39, 0.29) is 6.04 Å². The first-order valence-corrected chi connectivity index (χ1v) is 8.02. The van der Waals surface area contributed by atoms with Crippen LogP contribution in [0.1, 0.15) is 24.5 Å². The molecule has 4 heteroatoms. The van der Waals surface area contributed by atoms with Gasteiger partial charge in [-0.15, -0.1) is 11.6 Å². The molecule has 0 N–H and O–H groups in total. The molecule has 0 aliphatic heterocycles. The molecule has 0 amide bonds. The molecule has 0 aliphatic rings. The maximum atomic E-state index is 5.84. The van der Waals surface area contributed by atoms with Crippen LogP contribution in [0, 0.1) is 0 Å². The molecule has 1 unspecified atom stereocenters. The molecule has 0 spiro atoms. The van der Waals surface area contributed by atoms with E-state index in [4.69, 9.17) is 21.3 Å². The summed E-state index contributed by atoms with van der Waals surface area (Å²) in [4.78, 5) is 11.6. The minimum atomic E-state index is 0.0879. The van der Waals surface area contributed by atoms with Gasteiger partial charge in [-0.2, -0.15) is 0 Å². The van der Waals surface area contributed by atoms with Gasteiger partial charge in [0.15, 0.2) is 0 Å². The van der Waals surface area contributed by atoms with Gasteiger partial charge in [0, 0.05) is 5.88 Å². The number of benzene rings is 2. The molecule has 0 heterocycles. The molecule has 2 aromatic rings. The molecule has 2 rings (SSSR count). The highest BCUT2D eigenvalue weighted by Gasteiger charge is 2.15. The Balaban J connectivity index is 1.90. The predicted molar refractivity (Wildman–Crippen MR) is 89.1 cm³/mol. The van der Waals surface area contributed by atoms with Crippen molar-refractivity contribution in [2.24, 2.45) is 0 Å². The summed E-state index contributed by atoms with van der Waals surface area (Å²) in [6.07, 6.45) is 0.797. The number of rotatable bonds is 9. The lowest BCUT2D eigenvalue weighted by Crippen LogP contribution is -2.33. The smallest absolute Gasteiger partial charge is 0.0962 e.